The Hall–Kier alpha value is -2.46. The number of carbonyl (C=O) groups is 2. The smallest absolute Gasteiger partial charge is 0.255 e. The summed E-state index contributed by atoms with van der Waals surface area (Å²) in [5, 5.41) is 8.85. The summed E-state index contributed by atoms with van der Waals surface area (Å²) in [4.78, 5) is 35.9. The third kappa shape index (κ3) is 4.43. The Bertz CT molecular complexity index is 773. The molecule has 0 aliphatic carbocycles. The van der Waals surface area contributed by atoms with Crippen LogP contribution < -0.4 is 0 Å². The number of amides is 2. The first-order chi connectivity index (χ1) is 14.2. The van der Waals surface area contributed by atoms with Crippen LogP contribution >= 0.6 is 0 Å². The van der Waals surface area contributed by atoms with Crippen LogP contribution in [0.3, 0.4) is 0 Å². The Morgan fingerprint density at radius 1 is 0.966 bits per heavy atom. The standard InChI is InChI=1S/C22H29N5O2/c23-14-19-6-5-17(15-24-19)21(28)26-12-7-20(8-13-26)27-11-3-4-18(16-27)22(29)25-9-1-2-10-25/h5-6,15,18,20H,1-4,7-13,16H2. The molecule has 4 rings (SSSR count). The molecule has 0 bridgehead atoms. The van der Waals surface area contributed by atoms with Gasteiger partial charge in [0.15, 0.2) is 0 Å². The maximum absolute atomic E-state index is 12.8. The molecule has 3 fully saturated rings. The monoisotopic (exact) mass is 395 g/mol. The molecule has 4 heterocycles. The minimum atomic E-state index is -0.0128. The quantitative estimate of drug-likeness (QED) is 0.781. The van der Waals surface area contributed by atoms with Gasteiger partial charge in [0.05, 0.1) is 11.5 Å². The number of likely N-dealkylation sites (tertiary alicyclic amines) is 3. The number of hydrogen-bond donors (Lipinski definition) is 0. The van der Waals surface area contributed by atoms with E-state index in [4.69, 9.17) is 5.26 Å². The van der Waals surface area contributed by atoms with Crippen molar-refractivity contribution in [2.75, 3.05) is 39.3 Å². The second-order valence-electron chi connectivity index (χ2n) is 8.43. The lowest BCUT2D eigenvalue weighted by atomic mass is 9.92. The van der Waals surface area contributed by atoms with E-state index < -0.39 is 0 Å². The van der Waals surface area contributed by atoms with E-state index in [2.05, 4.69) is 14.8 Å². The highest BCUT2D eigenvalue weighted by atomic mass is 16.2. The molecule has 3 aliphatic heterocycles. The average molecular weight is 396 g/mol. The molecule has 3 aliphatic rings. The highest BCUT2D eigenvalue weighted by Gasteiger charge is 2.34. The summed E-state index contributed by atoms with van der Waals surface area (Å²) in [5.74, 6) is 0.487. The van der Waals surface area contributed by atoms with Crippen LogP contribution in [0.4, 0.5) is 0 Å². The molecule has 1 atom stereocenters. The summed E-state index contributed by atoms with van der Waals surface area (Å²) in [6.07, 6.45) is 7.76. The fourth-order valence-electron chi connectivity index (χ4n) is 4.94. The average Bonchev–Trinajstić information content (AvgIpc) is 3.33. The van der Waals surface area contributed by atoms with Crippen LogP contribution in [0.2, 0.25) is 0 Å². The molecule has 0 spiro atoms. The summed E-state index contributed by atoms with van der Waals surface area (Å²) in [7, 11) is 0. The largest absolute Gasteiger partial charge is 0.342 e. The summed E-state index contributed by atoms with van der Waals surface area (Å²) < 4.78 is 0. The molecular formula is C22H29N5O2. The lowest BCUT2D eigenvalue weighted by Gasteiger charge is -2.42. The van der Waals surface area contributed by atoms with Crippen LogP contribution in [0.15, 0.2) is 18.3 Å². The highest BCUT2D eigenvalue weighted by molar-refractivity contribution is 5.94. The zero-order valence-corrected chi connectivity index (χ0v) is 16.9. The van der Waals surface area contributed by atoms with Gasteiger partial charge in [-0.1, -0.05) is 0 Å². The second kappa shape index (κ2) is 8.91. The van der Waals surface area contributed by atoms with E-state index in [1.807, 2.05) is 11.0 Å². The maximum atomic E-state index is 12.8. The lowest BCUT2D eigenvalue weighted by molar-refractivity contribution is -0.136. The SMILES string of the molecule is N#Cc1ccc(C(=O)N2CCC(N3CCCC(C(=O)N4CCCC4)C3)CC2)cn1. The van der Waals surface area contributed by atoms with E-state index in [1.165, 1.54) is 6.20 Å². The van der Waals surface area contributed by atoms with Crippen molar-refractivity contribution in [3.63, 3.8) is 0 Å². The van der Waals surface area contributed by atoms with Crippen LogP contribution in [0.25, 0.3) is 0 Å². The molecule has 3 saturated heterocycles. The first-order valence-electron chi connectivity index (χ1n) is 10.8. The van der Waals surface area contributed by atoms with Crippen molar-refractivity contribution >= 4 is 11.8 Å². The van der Waals surface area contributed by atoms with Crippen molar-refractivity contribution in [1.82, 2.24) is 19.7 Å². The van der Waals surface area contributed by atoms with Gasteiger partial charge in [0, 0.05) is 45.0 Å². The van der Waals surface area contributed by atoms with E-state index in [1.54, 1.807) is 12.1 Å². The predicted molar refractivity (Wildman–Crippen MR) is 108 cm³/mol. The number of hydrogen-bond acceptors (Lipinski definition) is 5. The van der Waals surface area contributed by atoms with Gasteiger partial charge in [0.25, 0.3) is 5.91 Å². The summed E-state index contributed by atoms with van der Waals surface area (Å²) >= 11 is 0. The van der Waals surface area contributed by atoms with Crippen molar-refractivity contribution < 1.29 is 9.59 Å². The van der Waals surface area contributed by atoms with Crippen molar-refractivity contribution in [2.24, 2.45) is 5.92 Å². The molecule has 29 heavy (non-hydrogen) atoms. The number of nitriles is 1. The molecule has 0 N–H and O–H groups in total. The van der Waals surface area contributed by atoms with Gasteiger partial charge in [-0.15, -0.1) is 0 Å². The first kappa shape index (κ1) is 19.8. The zero-order chi connectivity index (χ0) is 20.2. The number of carbonyl (C=O) groups excluding carboxylic acids is 2. The van der Waals surface area contributed by atoms with E-state index in [0.29, 0.717) is 23.2 Å². The molecule has 2 amide bonds. The van der Waals surface area contributed by atoms with Crippen LogP contribution in [0, 0.1) is 17.2 Å². The fraction of sp³-hybridized carbons (Fsp3) is 0.636. The van der Waals surface area contributed by atoms with Gasteiger partial charge in [0.1, 0.15) is 11.8 Å². The Balaban J connectivity index is 1.30. The number of nitrogens with zero attached hydrogens (tertiary/aromatic N) is 5. The third-order valence-corrected chi connectivity index (χ3v) is 6.61. The van der Waals surface area contributed by atoms with E-state index in [-0.39, 0.29) is 11.8 Å². The molecule has 0 aromatic carbocycles. The first-order valence-corrected chi connectivity index (χ1v) is 10.8. The fourth-order valence-corrected chi connectivity index (χ4v) is 4.94. The molecule has 154 valence electrons. The number of rotatable bonds is 3. The summed E-state index contributed by atoms with van der Waals surface area (Å²) in [6, 6.07) is 5.69. The molecule has 1 unspecified atom stereocenters. The van der Waals surface area contributed by atoms with Crippen LogP contribution in [0.5, 0.6) is 0 Å². The molecule has 7 heteroatoms. The highest BCUT2D eigenvalue weighted by Crippen LogP contribution is 2.26. The van der Waals surface area contributed by atoms with E-state index >= 15 is 0 Å². The van der Waals surface area contributed by atoms with Gasteiger partial charge in [-0.25, -0.2) is 4.98 Å². The van der Waals surface area contributed by atoms with Gasteiger partial charge in [-0.2, -0.15) is 5.26 Å². The van der Waals surface area contributed by atoms with Gasteiger partial charge in [0.2, 0.25) is 5.91 Å². The van der Waals surface area contributed by atoms with Gasteiger partial charge >= 0.3 is 0 Å². The molecule has 0 radical (unpaired) electrons. The molecule has 0 saturated carbocycles. The van der Waals surface area contributed by atoms with Crippen LogP contribution in [-0.2, 0) is 4.79 Å². The van der Waals surface area contributed by atoms with Gasteiger partial charge in [-0.05, 0) is 57.2 Å². The molecular weight excluding hydrogens is 366 g/mol. The summed E-state index contributed by atoms with van der Waals surface area (Å²) in [5.41, 5.74) is 0.861. The van der Waals surface area contributed by atoms with Crippen molar-refractivity contribution in [3.8, 4) is 6.07 Å². The van der Waals surface area contributed by atoms with E-state index in [0.717, 1.165) is 77.8 Å². The van der Waals surface area contributed by atoms with Crippen molar-refractivity contribution in [2.45, 2.75) is 44.6 Å². The Labute approximate surface area is 172 Å². The predicted octanol–water partition coefficient (Wildman–Crippen LogP) is 1.89. The zero-order valence-electron chi connectivity index (χ0n) is 16.9. The Morgan fingerprint density at radius 3 is 2.38 bits per heavy atom. The van der Waals surface area contributed by atoms with Crippen molar-refractivity contribution in [1.29, 1.82) is 5.26 Å². The van der Waals surface area contributed by atoms with Crippen LogP contribution in [0.1, 0.15) is 54.6 Å². The number of piperidine rings is 2. The van der Waals surface area contributed by atoms with Crippen LogP contribution in [-0.4, -0.2) is 76.8 Å². The van der Waals surface area contributed by atoms with Gasteiger partial charge in [-0.3, -0.25) is 14.5 Å². The Morgan fingerprint density at radius 2 is 1.72 bits per heavy atom. The minimum Gasteiger partial charge on any atom is -0.342 e. The topological polar surface area (TPSA) is 80.5 Å². The van der Waals surface area contributed by atoms with Gasteiger partial charge < -0.3 is 9.80 Å². The Kier molecular flexibility index (Phi) is 6.10. The normalized spacial score (nSPS) is 23.8. The second-order valence-corrected chi connectivity index (χ2v) is 8.43. The number of pyridine rings is 1. The molecule has 7 nitrogen and oxygen atoms in total. The third-order valence-electron chi connectivity index (χ3n) is 6.61. The number of aromatic nitrogens is 1. The maximum Gasteiger partial charge on any atom is 0.255 e. The van der Waals surface area contributed by atoms with Crippen molar-refractivity contribution in [3.05, 3.63) is 29.6 Å². The minimum absolute atomic E-state index is 0.0128. The lowest BCUT2D eigenvalue weighted by Crippen LogP contribution is -2.51. The molecule has 1 aromatic rings. The summed E-state index contributed by atoms with van der Waals surface area (Å²) in [6.45, 7) is 5.24. The molecule has 1 aromatic heterocycles. The van der Waals surface area contributed by atoms with E-state index in [9.17, 15) is 9.59 Å².